The zero-order chi connectivity index (χ0) is 18.9. The molecule has 0 radical (unpaired) electrons. The van der Waals surface area contributed by atoms with Crippen molar-refractivity contribution in [2.75, 3.05) is 6.61 Å². The highest BCUT2D eigenvalue weighted by molar-refractivity contribution is 5.30. The Kier molecular flexibility index (Phi) is 5.53. The van der Waals surface area contributed by atoms with Crippen molar-refractivity contribution in [3.8, 4) is 5.75 Å². The topological polar surface area (TPSA) is 38.7 Å². The predicted octanol–water partition coefficient (Wildman–Crippen LogP) is 4.46. The van der Waals surface area contributed by atoms with Crippen molar-refractivity contribution in [2.45, 2.75) is 49.7 Å². The van der Waals surface area contributed by atoms with Crippen LogP contribution in [0.4, 0.5) is 30.7 Å². The lowest BCUT2D eigenvalue weighted by molar-refractivity contribution is -0.372. The van der Waals surface area contributed by atoms with Crippen LogP contribution in [0.5, 0.6) is 5.75 Å². The quantitative estimate of drug-likeness (QED) is 0.772. The molecule has 0 aromatic heterocycles. The highest BCUT2D eigenvalue weighted by Gasteiger charge is 2.75. The van der Waals surface area contributed by atoms with Crippen LogP contribution in [-0.4, -0.2) is 36.0 Å². The van der Waals surface area contributed by atoms with Gasteiger partial charge in [0.25, 0.3) is 0 Å². The molecule has 0 amide bonds. The lowest BCUT2D eigenvalue weighted by Crippen LogP contribution is -2.54. The van der Waals surface area contributed by atoms with Gasteiger partial charge in [-0.15, -0.1) is 0 Å². The van der Waals surface area contributed by atoms with E-state index >= 15 is 0 Å². The molecule has 1 aliphatic rings. The number of alkyl halides is 7. The molecule has 2 unspecified atom stereocenters. The summed E-state index contributed by atoms with van der Waals surface area (Å²) in [4.78, 5) is 0. The molecule has 3 nitrogen and oxygen atoms in total. The highest BCUT2D eigenvalue weighted by atomic mass is 19.4. The molecule has 1 aliphatic heterocycles. The zero-order valence-corrected chi connectivity index (χ0v) is 12.7. The number of aliphatic hydroxyl groups is 1. The molecule has 0 bridgehead atoms. The van der Waals surface area contributed by atoms with Gasteiger partial charge in [-0.2, -0.15) is 30.7 Å². The van der Waals surface area contributed by atoms with Gasteiger partial charge in [0.15, 0.2) is 6.29 Å². The number of benzene rings is 1. The Morgan fingerprint density at radius 2 is 1.60 bits per heavy atom. The first-order chi connectivity index (χ1) is 11.5. The molecule has 1 fully saturated rings. The molecule has 0 aliphatic carbocycles. The predicted molar refractivity (Wildman–Crippen MR) is 71.6 cm³/mol. The second kappa shape index (κ2) is 6.99. The molecule has 1 aromatic carbocycles. The first kappa shape index (κ1) is 19.8. The van der Waals surface area contributed by atoms with Gasteiger partial charge in [-0.05, 0) is 30.5 Å². The van der Waals surface area contributed by atoms with E-state index < -0.39 is 36.0 Å². The molecule has 0 saturated carbocycles. The second-order valence-corrected chi connectivity index (χ2v) is 5.58. The normalized spacial score (nSPS) is 21.0. The Morgan fingerprint density at radius 1 is 1.00 bits per heavy atom. The van der Waals surface area contributed by atoms with Crippen LogP contribution in [0.25, 0.3) is 0 Å². The van der Waals surface area contributed by atoms with E-state index in [0.717, 1.165) is 37.1 Å². The fourth-order valence-corrected chi connectivity index (χ4v) is 2.25. The van der Waals surface area contributed by atoms with Gasteiger partial charge >= 0.3 is 18.0 Å². The van der Waals surface area contributed by atoms with E-state index in [1.807, 2.05) is 0 Å². The Labute approximate surface area is 138 Å². The molecule has 25 heavy (non-hydrogen) atoms. The maximum Gasteiger partial charge on any atom is 0.459 e. The monoisotopic (exact) mass is 376 g/mol. The number of aliphatic hydroxyl groups excluding tert-OH is 1. The second-order valence-electron chi connectivity index (χ2n) is 5.58. The molecule has 1 N–H and O–H groups in total. The maximum absolute atomic E-state index is 13.5. The first-order valence-corrected chi connectivity index (χ1v) is 7.35. The van der Waals surface area contributed by atoms with Crippen molar-refractivity contribution in [1.82, 2.24) is 0 Å². The summed E-state index contributed by atoms with van der Waals surface area (Å²) in [5.41, 5.74) is -0.800. The van der Waals surface area contributed by atoms with Crippen molar-refractivity contribution < 1.29 is 45.3 Å². The van der Waals surface area contributed by atoms with E-state index in [2.05, 4.69) is 0 Å². The lowest BCUT2D eigenvalue weighted by atomic mass is 9.98. The molecule has 10 heteroatoms. The molecule has 2 atom stereocenters. The standard InChI is InChI=1S/C15H15F7O3/c16-13(17,14(18,19)15(20,21)22)12(23)9-4-6-10(7-5-9)25-11-3-1-2-8-24-11/h4-7,11-12,23H,1-3,8H2. The average Bonchev–Trinajstić information content (AvgIpc) is 2.54. The van der Waals surface area contributed by atoms with Gasteiger partial charge < -0.3 is 14.6 Å². The molecule has 0 spiro atoms. The average molecular weight is 376 g/mol. The van der Waals surface area contributed by atoms with E-state index in [1.165, 1.54) is 0 Å². The third kappa shape index (κ3) is 4.00. The van der Waals surface area contributed by atoms with Crippen LogP contribution in [0.15, 0.2) is 24.3 Å². The molecule has 2 rings (SSSR count). The van der Waals surface area contributed by atoms with Crippen molar-refractivity contribution in [3.63, 3.8) is 0 Å². The third-order valence-corrected chi connectivity index (χ3v) is 3.72. The Bertz CT molecular complexity index is 565. The maximum atomic E-state index is 13.5. The summed E-state index contributed by atoms with van der Waals surface area (Å²) in [5, 5.41) is 9.36. The summed E-state index contributed by atoms with van der Waals surface area (Å²) in [7, 11) is 0. The number of hydrogen-bond donors (Lipinski definition) is 1. The van der Waals surface area contributed by atoms with Gasteiger partial charge in [0, 0.05) is 6.42 Å². The highest BCUT2D eigenvalue weighted by Crippen LogP contribution is 2.51. The largest absolute Gasteiger partial charge is 0.465 e. The summed E-state index contributed by atoms with van der Waals surface area (Å²) in [6, 6.07) is 3.75. The Hall–Kier alpha value is -1.55. The number of rotatable bonds is 5. The fourth-order valence-electron chi connectivity index (χ4n) is 2.25. The van der Waals surface area contributed by atoms with Crippen LogP contribution in [0.1, 0.15) is 30.9 Å². The lowest BCUT2D eigenvalue weighted by Gasteiger charge is -2.31. The minimum Gasteiger partial charge on any atom is -0.465 e. The van der Waals surface area contributed by atoms with Crippen LogP contribution in [-0.2, 0) is 4.74 Å². The Balaban J connectivity index is 2.12. The Morgan fingerprint density at radius 3 is 2.08 bits per heavy atom. The zero-order valence-electron chi connectivity index (χ0n) is 12.7. The van der Waals surface area contributed by atoms with Crippen LogP contribution < -0.4 is 4.74 Å². The minimum absolute atomic E-state index is 0.147. The van der Waals surface area contributed by atoms with Crippen LogP contribution in [0.2, 0.25) is 0 Å². The SMILES string of the molecule is OC(c1ccc(OC2CCCCO2)cc1)C(F)(F)C(F)(F)C(F)(F)F. The van der Waals surface area contributed by atoms with Crippen molar-refractivity contribution in [3.05, 3.63) is 29.8 Å². The molecule has 1 heterocycles. The fraction of sp³-hybridized carbons (Fsp3) is 0.600. The molecule has 1 aromatic rings. The summed E-state index contributed by atoms with van der Waals surface area (Å²) in [6.07, 6.45) is -8.07. The van der Waals surface area contributed by atoms with Gasteiger partial charge in [-0.1, -0.05) is 12.1 Å². The molecular formula is C15H15F7O3. The smallest absolute Gasteiger partial charge is 0.459 e. The van der Waals surface area contributed by atoms with Crippen LogP contribution >= 0.6 is 0 Å². The molecule has 142 valence electrons. The summed E-state index contributed by atoms with van der Waals surface area (Å²) in [6.45, 7) is 0.486. The number of ether oxygens (including phenoxy) is 2. The van der Waals surface area contributed by atoms with Crippen LogP contribution in [0, 0.1) is 0 Å². The minimum atomic E-state index is -6.50. The van der Waals surface area contributed by atoms with Crippen molar-refractivity contribution >= 4 is 0 Å². The summed E-state index contributed by atoms with van der Waals surface area (Å²) >= 11 is 0. The van der Waals surface area contributed by atoms with E-state index in [9.17, 15) is 35.8 Å². The number of halogens is 7. The molecular weight excluding hydrogens is 361 g/mol. The van der Waals surface area contributed by atoms with Gasteiger partial charge in [0.05, 0.1) is 6.61 Å². The van der Waals surface area contributed by atoms with Crippen LogP contribution in [0.3, 0.4) is 0 Å². The molecule has 1 saturated heterocycles. The first-order valence-electron chi connectivity index (χ1n) is 7.35. The van der Waals surface area contributed by atoms with Gasteiger partial charge in [0.2, 0.25) is 0 Å². The van der Waals surface area contributed by atoms with Gasteiger partial charge in [-0.25, -0.2) is 0 Å². The van der Waals surface area contributed by atoms with Gasteiger partial charge in [-0.3, -0.25) is 0 Å². The van der Waals surface area contributed by atoms with Gasteiger partial charge in [0.1, 0.15) is 11.9 Å². The van der Waals surface area contributed by atoms with E-state index in [1.54, 1.807) is 0 Å². The third-order valence-electron chi connectivity index (χ3n) is 3.72. The van der Waals surface area contributed by atoms with Crippen molar-refractivity contribution in [2.24, 2.45) is 0 Å². The number of hydrogen-bond acceptors (Lipinski definition) is 3. The summed E-state index contributed by atoms with van der Waals surface area (Å²) in [5.74, 6) is -12.0. The van der Waals surface area contributed by atoms with E-state index in [-0.39, 0.29) is 5.75 Å². The summed E-state index contributed by atoms with van der Waals surface area (Å²) < 4.78 is 100.0. The van der Waals surface area contributed by atoms with Crippen molar-refractivity contribution in [1.29, 1.82) is 0 Å². The van der Waals surface area contributed by atoms with E-state index in [0.29, 0.717) is 13.0 Å². The van der Waals surface area contributed by atoms with E-state index in [4.69, 9.17) is 9.47 Å².